The van der Waals surface area contributed by atoms with Crippen molar-refractivity contribution in [1.82, 2.24) is 0 Å². The van der Waals surface area contributed by atoms with Gasteiger partial charge in [0.05, 0.1) is 0 Å². The molecule has 80 valence electrons. The number of unbranched alkanes of at least 4 members (excludes halogenated alkanes) is 4. The molecule has 0 bridgehead atoms. The van der Waals surface area contributed by atoms with Crippen LogP contribution in [0.2, 0.25) is 0 Å². The molecule has 0 atom stereocenters. The van der Waals surface area contributed by atoms with Crippen LogP contribution < -0.4 is 0 Å². The first kappa shape index (κ1) is 13.2. The zero-order valence-electron chi connectivity index (χ0n) is 9.01. The van der Waals surface area contributed by atoms with Gasteiger partial charge in [-0.1, -0.05) is 25.7 Å². The van der Waals surface area contributed by atoms with E-state index in [2.05, 4.69) is 18.8 Å². The highest BCUT2D eigenvalue weighted by Gasteiger charge is 1.95. The van der Waals surface area contributed by atoms with Crippen LogP contribution in [0.4, 0.5) is 0 Å². The fourth-order valence-corrected chi connectivity index (χ4v) is 1.06. The Morgan fingerprint density at radius 2 is 2.00 bits per heavy atom. The second kappa shape index (κ2) is 10.3. The molecule has 0 saturated carbocycles. The fraction of sp³-hybridized carbons (Fsp3) is 0.750. The number of carbonyl (C=O) groups excluding carboxylic acids is 1. The zero-order valence-corrected chi connectivity index (χ0v) is 9.01. The first-order chi connectivity index (χ1) is 6.81. The maximum absolute atomic E-state index is 11.1. The van der Waals surface area contributed by atoms with Gasteiger partial charge in [0.2, 0.25) is 5.78 Å². The lowest BCUT2D eigenvalue weighted by molar-refractivity contribution is -0.113. The van der Waals surface area contributed by atoms with Crippen molar-refractivity contribution in [3.05, 3.63) is 0 Å². The Bertz CT molecular complexity index is 198. The van der Waals surface area contributed by atoms with Gasteiger partial charge in [0.15, 0.2) is 0 Å². The zero-order chi connectivity index (χ0) is 10.6. The minimum Gasteiger partial charge on any atom is -0.396 e. The number of ketones is 1. The molecule has 0 rings (SSSR count). The van der Waals surface area contributed by atoms with Crippen molar-refractivity contribution >= 4 is 5.78 Å². The quantitative estimate of drug-likeness (QED) is 0.385. The Kier molecular flexibility index (Phi) is 9.68. The molecule has 1 N–H and O–H groups in total. The number of Topliss-reactive ketones (excluding diaryl/α,β-unsaturated/α-hetero) is 1. The predicted octanol–water partition coefficient (Wildman–Crippen LogP) is 2.30. The van der Waals surface area contributed by atoms with Crippen LogP contribution in [0.25, 0.3) is 0 Å². The molecule has 0 aromatic carbocycles. The van der Waals surface area contributed by atoms with Crippen molar-refractivity contribution in [3.8, 4) is 11.8 Å². The van der Waals surface area contributed by atoms with Gasteiger partial charge in [-0.05, 0) is 25.2 Å². The molecule has 0 spiro atoms. The van der Waals surface area contributed by atoms with Gasteiger partial charge < -0.3 is 5.11 Å². The van der Waals surface area contributed by atoms with Crippen LogP contribution in [0.5, 0.6) is 0 Å². The van der Waals surface area contributed by atoms with Crippen LogP contribution >= 0.6 is 0 Å². The van der Waals surface area contributed by atoms with Gasteiger partial charge in [-0.2, -0.15) is 0 Å². The fourth-order valence-electron chi connectivity index (χ4n) is 1.06. The summed E-state index contributed by atoms with van der Waals surface area (Å²) in [4.78, 5) is 11.1. The molecule has 0 amide bonds. The van der Waals surface area contributed by atoms with Crippen LogP contribution in [0, 0.1) is 11.8 Å². The van der Waals surface area contributed by atoms with Crippen LogP contribution in [0.1, 0.15) is 51.9 Å². The Morgan fingerprint density at radius 3 is 2.64 bits per heavy atom. The summed E-state index contributed by atoms with van der Waals surface area (Å²) in [6.45, 7) is 2.33. The van der Waals surface area contributed by atoms with Crippen LogP contribution in [-0.4, -0.2) is 17.5 Å². The molecular formula is C12H20O2. The van der Waals surface area contributed by atoms with E-state index in [0.29, 0.717) is 6.42 Å². The first-order valence-corrected chi connectivity index (χ1v) is 5.43. The molecule has 2 heteroatoms. The highest BCUT2D eigenvalue weighted by Crippen LogP contribution is 1.99. The van der Waals surface area contributed by atoms with Crippen molar-refractivity contribution in [2.75, 3.05) is 6.61 Å². The second-order valence-electron chi connectivity index (χ2n) is 3.36. The second-order valence-corrected chi connectivity index (χ2v) is 3.36. The number of carbonyl (C=O) groups is 1. The average Bonchev–Trinajstić information content (AvgIpc) is 2.19. The van der Waals surface area contributed by atoms with Gasteiger partial charge in [-0.3, -0.25) is 4.79 Å². The smallest absolute Gasteiger partial charge is 0.205 e. The molecule has 14 heavy (non-hydrogen) atoms. The highest BCUT2D eigenvalue weighted by atomic mass is 16.2. The van der Waals surface area contributed by atoms with Gasteiger partial charge >= 0.3 is 0 Å². The predicted molar refractivity (Wildman–Crippen MR) is 57.9 cm³/mol. The SMILES string of the molecule is CCCCC#CC(=O)CCCCCO. The highest BCUT2D eigenvalue weighted by molar-refractivity contribution is 5.95. The number of aliphatic hydroxyl groups excluding tert-OH is 1. The summed E-state index contributed by atoms with van der Waals surface area (Å²) in [5.41, 5.74) is 0. The molecule has 0 aromatic heterocycles. The summed E-state index contributed by atoms with van der Waals surface area (Å²) in [6.07, 6.45) is 6.12. The molecule has 0 aliphatic heterocycles. The lowest BCUT2D eigenvalue weighted by atomic mass is 10.1. The van der Waals surface area contributed by atoms with Gasteiger partial charge in [0.25, 0.3) is 0 Å². The topological polar surface area (TPSA) is 37.3 Å². The minimum atomic E-state index is 0.0408. The van der Waals surface area contributed by atoms with E-state index in [1.807, 2.05) is 0 Å². The van der Waals surface area contributed by atoms with E-state index >= 15 is 0 Å². The van der Waals surface area contributed by atoms with Gasteiger partial charge in [-0.15, -0.1) is 0 Å². The molecule has 0 aliphatic carbocycles. The van der Waals surface area contributed by atoms with E-state index in [4.69, 9.17) is 5.11 Å². The maximum atomic E-state index is 11.1. The van der Waals surface area contributed by atoms with E-state index in [1.54, 1.807) is 0 Å². The van der Waals surface area contributed by atoms with Crippen molar-refractivity contribution in [1.29, 1.82) is 0 Å². The number of rotatable bonds is 7. The van der Waals surface area contributed by atoms with E-state index in [-0.39, 0.29) is 12.4 Å². The molecule has 0 fully saturated rings. The van der Waals surface area contributed by atoms with Gasteiger partial charge in [0.1, 0.15) is 0 Å². The van der Waals surface area contributed by atoms with Crippen molar-refractivity contribution < 1.29 is 9.90 Å². The Morgan fingerprint density at radius 1 is 1.21 bits per heavy atom. The maximum Gasteiger partial charge on any atom is 0.205 e. The normalized spacial score (nSPS) is 9.29. The molecule has 2 nitrogen and oxygen atoms in total. The van der Waals surface area contributed by atoms with Crippen LogP contribution in [0.15, 0.2) is 0 Å². The number of hydrogen-bond acceptors (Lipinski definition) is 2. The molecule has 0 heterocycles. The third-order valence-corrected chi connectivity index (χ3v) is 1.95. The Hall–Kier alpha value is -0.810. The number of aliphatic hydroxyl groups is 1. The molecule has 0 aromatic rings. The summed E-state index contributed by atoms with van der Waals surface area (Å²) in [5.74, 6) is 5.56. The lowest BCUT2D eigenvalue weighted by Gasteiger charge is -1.93. The minimum absolute atomic E-state index is 0.0408. The third-order valence-electron chi connectivity index (χ3n) is 1.95. The molecular weight excluding hydrogens is 176 g/mol. The summed E-state index contributed by atoms with van der Waals surface area (Å²) in [6, 6.07) is 0. The summed E-state index contributed by atoms with van der Waals surface area (Å²) >= 11 is 0. The van der Waals surface area contributed by atoms with E-state index in [1.165, 1.54) is 0 Å². The van der Waals surface area contributed by atoms with E-state index in [9.17, 15) is 4.79 Å². The first-order valence-electron chi connectivity index (χ1n) is 5.43. The van der Waals surface area contributed by atoms with Crippen molar-refractivity contribution in [2.45, 2.75) is 51.9 Å². The largest absolute Gasteiger partial charge is 0.396 e. The van der Waals surface area contributed by atoms with Crippen molar-refractivity contribution in [3.63, 3.8) is 0 Å². The van der Waals surface area contributed by atoms with Gasteiger partial charge in [0, 0.05) is 19.4 Å². The summed E-state index contributed by atoms with van der Waals surface area (Å²) < 4.78 is 0. The molecule has 0 aliphatic rings. The third kappa shape index (κ3) is 9.28. The van der Waals surface area contributed by atoms with Crippen LogP contribution in [-0.2, 0) is 4.79 Å². The average molecular weight is 196 g/mol. The Balaban J connectivity index is 3.38. The molecule has 0 saturated heterocycles. The standard InChI is InChI=1S/C12H20O2/c1-2-3-4-6-9-12(14)10-7-5-8-11-13/h13H,2-5,7-8,10-11H2,1H3. The molecule has 0 unspecified atom stereocenters. The molecule has 0 radical (unpaired) electrons. The van der Waals surface area contributed by atoms with Crippen molar-refractivity contribution in [2.24, 2.45) is 0 Å². The number of hydrogen-bond donors (Lipinski definition) is 1. The Labute approximate surface area is 86.7 Å². The van der Waals surface area contributed by atoms with Crippen LogP contribution in [0.3, 0.4) is 0 Å². The van der Waals surface area contributed by atoms with E-state index < -0.39 is 0 Å². The van der Waals surface area contributed by atoms with E-state index in [0.717, 1.165) is 38.5 Å². The summed E-state index contributed by atoms with van der Waals surface area (Å²) in [5, 5.41) is 8.52. The monoisotopic (exact) mass is 196 g/mol. The van der Waals surface area contributed by atoms with Gasteiger partial charge in [-0.25, -0.2) is 0 Å². The lowest BCUT2D eigenvalue weighted by Crippen LogP contribution is -1.93. The summed E-state index contributed by atoms with van der Waals surface area (Å²) in [7, 11) is 0.